The fourth-order valence-corrected chi connectivity index (χ4v) is 2.32. The highest BCUT2D eigenvalue weighted by Gasteiger charge is 2.29. The second-order valence-electron chi connectivity index (χ2n) is 5.42. The van der Waals surface area contributed by atoms with Gasteiger partial charge in [-0.05, 0) is 30.5 Å². The Balaban J connectivity index is 2.13. The van der Waals surface area contributed by atoms with Crippen LogP contribution in [0.5, 0.6) is 0 Å². The Bertz CT molecular complexity index is 351. The average molecular weight is 286 g/mol. The smallest absolute Gasteiger partial charge is 0.166 e. The second-order valence-corrected chi connectivity index (χ2v) is 5.42. The minimum absolute atomic E-state index is 0.558. The van der Waals surface area contributed by atoms with Gasteiger partial charge >= 0.3 is 6.18 Å². The topological polar surface area (TPSA) is 0 Å². The van der Waals surface area contributed by atoms with E-state index in [-0.39, 0.29) is 0 Å². The summed E-state index contributed by atoms with van der Waals surface area (Å²) in [6.07, 6.45) is 6.66. The molecule has 0 fully saturated rings. The maximum Gasteiger partial charge on any atom is 0.416 e. The van der Waals surface area contributed by atoms with E-state index in [0.717, 1.165) is 18.4 Å². The summed E-state index contributed by atoms with van der Waals surface area (Å²) < 4.78 is 37.2. The molecule has 20 heavy (non-hydrogen) atoms. The summed E-state index contributed by atoms with van der Waals surface area (Å²) in [4.78, 5) is 0. The maximum absolute atomic E-state index is 12.4. The SMILES string of the molecule is CCCCCCCCCCc1ccc(C(F)(F)F)cc1. The van der Waals surface area contributed by atoms with Crippen molar-refractivity contribution in [1.82, 2.24) is 0 Å². The van der Waals surface area contributed by atoms with Crippen molar-refractivity contribution in [3.05, 3.63) is 35.4 Å². The highest BCUT2D eigenvalue weighted by atomic mass is 19.4. The van der Waals surface area contributed by atoms with Crippen LogP contribution in [0.1, 0.15) is 69.4 Å². The number of alkyl halides is 3. The van der Waals surface area contributed by atoms with Gasteiger partial charge < -0.3 is 0 Å². The predicted octanol–water partition coefficient (Wildman–Crippen LogP) is 6.39. The van der Waals surface area contributed by atoms with Crippen molar-refractivity contribution in [2.24, 2.45) is 0 Å². The quantitative estimate of drug-likeness (QED) is 0.461. The van der Waals surface area contributed by atoms with Crippen molar-refractivity contribution < 1.29 is 13.2 Å². The largest absolute Gasteiger partial charge is 0.416 e. The van der Waals surface area contributed by atoms with Crippen LogP contribution in [-0.2, 0) is 12.6 Å². The summed E-state index contributed by atoms with van der Waals surface area (Å²) in [6.45, 7) is 2.21. The zero-order valence-corrected chi connectivity index (χ0v) is 12.3. The van der Waals surface area contributed by atoms with Crippen molar-refractivity contribution in [3.63, 3.8) is 0 Å². The van der Waals surface area contributed by atoms with E-state index in [4.69, 9.17) is 0 Å². The van der Waals surface area contributed by atoms with Crippen molar-refractivity contribution in [2.45, 2.75) is 70.9 Å². The molecule has 0 saturated heterocycles. The number of unbranched alkanes of at least 4 members (excludes halogenated alkanes) is 7. The van der Waals surface area contributed by atoms with E-state index in [1.807, 2.05) is 0 Å². The Labute approximate surface area is 120 Å². The number of benzene rings is 1. The average Bonchev–Trinajstić information content (AvgIpc) is 2.41. The zero-order chi connectivity index (χ0) is 14.8. The lowest BCUT2D eigenvalue weighted by molar-refractivity contribution is -0.137. The van der Waals surface area contributed by atoms with E-state index in [1.54, 1.807) is 12.1 Å². The van der Waals surface area contributed by atoms with Gasteiger partial charge in [-0.1, -0.05) is 64.0 Å². The number of hydrogen-bond acceptors (Lipinski definition) is 0. The number of halogens is 3. The van der Waals surface area contributed by atoms with E-state index >= 15 is 0 Å². The molecule has 1 rings (SSSR count). The van der Waals surface area contributed by atoms with Gasteiger partial charge in [0.05, 0.1) is 5.56 Å². The van der Waals surface area contributed by atoms with Gasteiger partial charge in [-0.3, -0.25) is 0 Å². The molecule has 0 spiro atoms. The molecule has 0 saturated carbocycles. The van der Waals surface area contributed by atoms with Crippen LogP contribution in [0.4, 0.5) is 13.2 Å². The van der Waals surface area contributed by atoms with Gasteiger partial charge in [-0.15, -0.1) is 0 Å². The van der Waals surface area contributed by atoms with Gasteiger partial charge in [0.1, 0.15) is 0 Å². The molecule has 0 amide bonds. The number of rotatable bonds is 9. The molecule has 0 aliphatic heterocycles. The third-order valence-corrected chi connectivity index (χ3v) is 3.60. The van der Waals surface area contributed by atoms with Gasteiger partial charge in [-0.2, -0.15) is 13.2 Å². The molecule has 0 aromatic heterocycles. The van der Waals surface area contributed by atoms with Gasteiger partial charge in [0.2, 0.25) is 0 Å². The van der Waals surface area contributed by atoms with Crippen molar-refractivity contribution in [1.29, 1.82) is 0 Å². The standard InChI is InChI=1S/C17H25F3/c1-2-3-4-5-6-7-8-9-10-15-11-13-16(14-12-15)17(18,19)20/h11-14H,2-10H2,1H3. The predicted molar refractivity (Wildman–Crippen MR) is 77.8 cm³/mol. The van der Waals surface area contributed by atoms with E-state index < -0.39 is 11.7 Å². The molecule has 0 nitrogen and oxygen atoms in total. The fraction of sp³-hybridized carbons (Fsp3) is 0.647. The van der Waals surface area contributed by atoms with Crippen LogP contribution < -0.4 is 0 Å². The van der Waals surface area contributed by atoms with E-state index in [9.17, 15) is 13.2 Å². The van der Waals surface area contributed by atoms with Gasteiger partial charge in [0.15, 0.2) is 0 Å². The molecule has 0 atom stereocenters. The van der Waals surface area contributed by atoms with Crippen LogP contribution in [0.3, 0.4) is 0 Å². The van der Waals surface area contributed by atoms with Gasteiger partial charge in [0.25, 0.3) is 0 Å². The first-order valence-electron chi connectivity index (χ1n) is 7.70. The first-order chi connectivity index (χ1) is 9.54. The Kier molecular flexibility index (Phi) is 7.71. The summed E-state index contributed by atoms with van der Waals surface area (Å²) in [7, 11) is 0. The third-order valence-electron chi connectivity index (χ3n) is 3.60. The first kappa shape index (κ1) is 17.1. The van der Waals surface area contributed by atoms with Crippen molar-refractivity contribution >= 4 is 0 Å². The lowest BCUT2D eigenvalue weighted by Crippen LogP contribution is -2.04. The molecular formula is C17H25F3. The maximum atomic E-state index is 12.4. The molecule has 0 radical (unpaired) electrons. The summed E-state index contributed by atoms with van der Waals surface area (Å²) in [6, 6.07) is 5.56. The molecule has 0 N–H and O–H groups in total. The molecule has 1 aromatic rings. The number of aryl methyl sites for hydroxylation is 1. The summed E-state index contributed by atoms with van der Waals surface area (Å²) in [5.74, 6) is 0. The van der Waals surface area contributed by atoms with Crippen LogP contribution in [-0.4, -0.2) is 0 Å². The normalized spacial score (nSPS) is 11.8. The molecule has 1 aromatic carbocycles. The summed E-state index contributed by atoms with van der Waals surface area (Å²) in [5.41, 5.74) is 0.446. The molecule has 3 heteroatoms. The first-order valence-corrected chi connectivity index (χ1v) is 7.70. The zero-order valence-electron chi connectivity index (χ0n) is 12.3. The van der Waals surface area contributed by atoms with E-state index in [2.05, 4.69) is 6.92 Å². The van der Waals surface area contributed by atoms with Crippen LogP contribution in [0.2, 0.25) is 0 Å². The second kappa shape index (κ2) is 9.04. The minimum atomic E-state index is -4.23. The van der Waals surface area contributed by atoms with Crippen LogP contribution in [0, 0.1) is 0 Å². The van der Waals surface area contributed by atoms with Crippen LogP contribution in [0.15, 0.2) is 24.3 Å². The summed E-state index contributed by atoms with van der Waals surface area (Å²) >= 11 is 0. The van der Waals surface area contributed by atoms with Crippen molar-refractivity contribution in [2.75, 3.05) is 0 Å². The minimum Gasteiger partial charge on any atom is -0.166 e. The van der Waals surface area contributed by atoms with E-state index in [0.29, 0.717) is 0 Å². The molecule has 0 bridgehead atoms. The molecule has 0 aliphatic carbocycles. The molecule has 0 heterocycles. The van der Waals surface area contributed by atoms with Crippen LogP contribution in [0.25, 0.3) is 0 Å². The summed E-state index contributed by atoms with van der Waals surface area (Å²) in [5, 5.41) is 0. The highest BCUT2D eigenvalue weighted by Crippen LogP contribution is 2.29. The fourth-order valence-electron chi connectivity index (χ4n) is 2.32. The van der Waals surface area contributed by atoms with Gasteiger partial charge in [0, 0.05) is 0 Å². The Hall–Kier alpha value is -0.990. The van der Waals surface area contributed by atoms with Crippen LogP contribution >= 0.6 is 0 Å². The van der Waals surface area contributed by atoms with Gasteiger partial charge in [-0.25, -0.2) is 0 Å². The number of hydrogen-bond donors (Lipinski definition) is 0. The Morgan fingerprint density at radius 3 is 1.75 bits per heavy atom. The van der Waals surface area contributed by atoms with E-state index in [1.165, 1.54) is 57.1 Å². The monoisotopic (exact) mass is 286 g/mol. The van der Waals surface area contributed by atoms with Crippen molar-refractivity contribution in [3.8, 4) is 0 Å². The highest BCUT2D eigenvalue weighted by molar-refractivity contribution is 5.24. The molecule has 0 aliphatic rings. The Morgan fingerprint density at radius 1 is 0.750 bits per heavy atom. The third kappa shape index (κ3) is 6.97. The lowest BCUT2D eigenvalue weighted by atomic mass is 10.0. The molecule has 114 valence electrons. The lowest BCUT2D eigenvalue weighted by Gasteiger charge is -2.07. The molecule has 0 unspecified atom stereocenters. The molecular weight excluding hydrogens is 261 g/mol. The Morgan fingerprint density at radius 2 is 1.25 bits per heavy atom.